The van der Waals surface area contributed by atoms with Gasteiger partial charge in [0, 0.05) is 11.6 Å². The van der Waals surface area contributed by atoms with Gasteiger partial charge >= 0.3 is 11.9 Å². The number of unbranched alkanes of at least 4 members (excludes halogenated alkanes) is 13. The fourth-order valence-corrected chi connectivity index (χ4v) is 3.55. The van der Waals surface area contributed by atoms with Gasteiger partial charge in [0.15, 0.2) is 0 Å². The number of ether oxygens (including phenoxy) is 1. The van der Waals surface area contributed by atoms with Crippen LogP contribution in [0, 0.1) is 0 Å². The average molecular weight is 439 g/mol. The Morgan fingerprint density at radius 2 is 1.10 bits per heavy atom. The van der Waals surface area contributed by atoms with Crippen molar-refractivity contribution in [1.82, 2.24) is 0 Å². The lowest BCUT2D eigenvalue weighted by molar-refractivity contribution is -0.136. The Labute approximate surface area is 192 Å². The van der Waals surface area contributed by atoms with Gasteiger partial charge in [0.05, 0.1) is 7.11 Å². The SMILES string of the molecule is C=CC(=O)O.CCCCCCCCCCC(C(=O)OC)=C(C)CCCCCCCCC. The summed E-state index contributed by atoms with van der Waals surface area (Å²) >= 11 is 0. The molecule has 0 aromatic rings. The highest BCUT2D eigenvalue weighted by molar-refractivity contribution is 5.89. The molecule has 0 amide bonds. The molecule has 0 atom stereocenters. The van der Waals surface area contributed by atoms with Crippen molar-refractivity contribution in [3.8, 4) is 0 Å². The second-order valence-corrected chi connectivity index (χ2v) is 8.39. The molecule has 0 saturated heterocycles. The standard InChI is InChI=1S/C24H46O2.C3H4O2/c1-5-7-9-11-13-15-17-19-21-23(24(25)26-4)22(3)20-18-16-14-12-10-8-6-2;1-2-3(4)5/h5-21H2,1-4H3;2H,1H2,(H,4,5). The fourth-order valence-electron chi connectivity index (χ4n) is 3.55. The summed E-state index contributed by atoms with van der Waals surface area (Å²) < 4.78 is 5.03. The zero-order chi connectivity index (χ0) is 23.7. The van der Waals surface area contributed by atoms with E-state index in [4.69, 9.17) is 9.84 Å². The largest absolute Gasteiger partial charge is 0.478 e. The highest BCUT2D eigenvalue weighted by Gasteiger charge is 2.13. The van der Waals surface area contributed by atoms with Crippen molar-refractivity contribution in [2.24, 2.45) is 0 Å². The summed E-state index contributed by atoms with van der Waals surface area (Å²) in [5.74, 6) is -1.08. The first-order valence-corrected chi connectivity index (χ1v) is 12.6. The number of methoxy groups -OCH3 is 1. The maximum atomic E-state index is 12.1. The molecular weight excluding hydrogens is 388 g/mol. The molecule has 0 saturated carbocycles. The third-order valence-electron chi connectivity index (χ3n) is 5.56. The topological polar surface area (TPSA) is 63.6 Å². The average Bonchev–Trinajstić information content (AvgIpc) is 2.77. The summed E-state index contributed by atoms with van der Waals surface area (Å²) in [7, 11) is 1.51. The Bertz CT molecular complexity index is 480. The molecule has 0 heterocycles. The number of carbonyl (C=O) groups is 2. The molecule has 0 radical (unpaired) electrons. The predicted molar refractivity (Wildman–Crippen MR) is 132 cm³/mol. The number of esters is 1. The lowest BCUT2D eigenvalue weighted by atomic mass is 9.97. The second-order valence-electron chi connectivity index (χ2n) is 8.39. The quantitative estimate of drug-likeness (QED) is 0.125. The van der Waals surface area contributed by atoms with E-state index in [0.717, 1.165) is 30.9 Å². The van der Waals surface area contributed by atoms with Gasteiger partial charge in [-0.3, -0.25) is 0 Å². The minimum absolute atomic E-state index is 0.103. The highest BCUT2D eigenvalue weighted by Crippen LogP contribution is 2.21. The van der Waals surface area contributed by atoms with E-state index in [1.54, 1.807) is 0 Å². The summed E-state index contributed by atoms with van der Waals surface area (Å²) in [6.07, 6.45) is 22.4. The smallest absolute Gasteiger partial charge is 0.333 e. The normalized spacial score (nSPS) is 11.2. The van der Waals surface area contributed by atoms with E-state index in [1.807, 2.05) is 0 Å². The number of carbonyl (C=O) groups excluding carboxylic acids is 1. The number of allylic oxidation sites excluding steroid dienone is 1. The number of hydrogen-bond acceptors (Lipinski definition) is 3. The van der Waals surface area contributed by atoms with Crippen LogP contribution in [0.1, 0.15) is 130 Å². The first-order chi connectivity index (χ1) is 14.9. The van der Waals surface area contributed by atoms with Crippen LogP contribution in [0.15, 0.2) is 23.8 Å². The summed E-state index contributed by atoms with van der Waals surface area (Å²) in [4.78, 5) is 21.4. The Hall–Kier alpha value is -1.58. The number of carboxylic acids is 1. The van der Waals surface area contributed by atoms with E-state index in [1.165, 1.54) is 103 Å². The molecule has 4 nitrogen and oxygen atoms in total. The van der Waals surface area contributed by atoms with Crippen LogP contribution in [0.5, 0.6) is 0 Å². The summed E-state index contributed by atoms with van der Waals surface area (Å²) in [6, 6.07) is 0. The third-order valence-corrected chi connectivity index (χ3v) is 5.56. The Morgan fingerprint density at radius 3 is 1.45 bits per heavy atom. The summed E-state index contributed by atoms with van der Waals surface area (Å²) in [5.41, 5.74) is 2.21. The van der Waals surface area contributed by atoms with Crippen LogP contribution in [-0.4, -0.2) is 24.2 Å². The molecule has 0 aliphatic rings. The Balaban J connectivity index is 0. The minimum Gasteiger partial charge on any atom is -0.478 e. The predicted octanol–water partition coefficient (Wildman–Crippen LogP) is 8.40. The molecule has 0 aromatic heterocycles. The van der Waals surface area contributed by atoms with Gasteiger partial charge in [-0.15, -0.1) is 0 Å². The van der Waals surface area contributed by atoms with Gasteiger partial charge in [-0.1, -0.05) is 109 Å². The molecule has 0 unspecified atom stereocenters. The van der Waals surface area contributed by atoms with Crippen LogP contribution in [-0.2, 0) is 14.3 Å². The van der Waals surface area contributed by atoms with Crippen molar-refractivity contribution in [1.29, 1.82) is 0 Å². The minimum atomic E-state index is -0.981. The van der Waals surface area contributed by atoms with Gasteiger partial charge in [0.1, 0.15) is 0 Å². The van der Waals surface area contributed by atoms with Crippen molar-refractivity contribution in [3.63, 3.8) is 0 Å². The lowest BCUT2D eigenvalue weighted by Gasteiger charge is -2.11. The number of hydrogen-bond donors (Lipinski definition) is 1. The van der Waals surface area contributed by atoms with Crippen LogP contribution in [0.4, 0.5) is 0 Å². The molecular formula is C27H50O4. The molecule has 0 spiro atoms. The summed E-state index contributed by atoms with van der Waals surface area (Å²) in [6.45, 7) is 9.61. The lowest BCUT2D eigenvalue weighted by Crippen LogP contribution is -2.07. The zero-order valence-electron chi connectivity index (χ0n) is 21.0. The first-order valence-electron chi connectivity index (χ1n) is 12.6. The number of carboxylic acid groups (broad SMARTS) is 1. The van der Waals surface area contributed by atoms with E-state index in [9.17, 15) is 9.59 Å². The van der Waals surface area contributed by atoms with Crippen molar-refractivity contribution < 1.29 is 19.4 Å². The van der Waals surface area contributed by atoms with Gasteiger partial charge < -0.3 is 9.84 Å². The van der Waals surface area contributed by atoms with E-state index >= 15 is 0 Å². The molecule has 31 heavy (non-hydrogen) atoms. The van der Waals surface area contributed by atoms with Gasteiger partial charge in [0.2, 0.25) is 0 Å². The zero-order valence-corrected chi connectivity index (χ0v) is 21.0. The van der Waals surface area contributed by atoms with Crippen LogP contribution in [0.25, 0.3) is 0 Å². The molecule has 0 aromatic carbocycles. The fraction of sp³-hybridized carbons (Fsp3) is 0.778. The van der Waals surface area contributed by atoms with Crippen LogP contribution < -0.4 is 0 Å². The third kappa shape index (κ3) is 22.9. The number of aliphatic carboxylic acids is 1. The Morgan fingerprint density at radius 1 is 0.742 bits per heavy atom. The highest BCUT2D eigenvalue weighted by atomic mass is 16.5. The second kappa shape index (κ2) is 24.7. The van der Waals surface area contributed by atoms with E-state index in [0.29, 0.717) is 0 Å². The Kier molecular flexibility index (Phi) is 25.2. The van der Waals surface area contributed by atoms with Crippen LogP contribution in [0.3, 0.4) is 0 Å². The molecule has 0 bridgehead atoms. The summed E-state index contributed by atoms with van der Waals surface area (Å²) in [5, 5.41) is 7.60. The van der Waals surface area contributed by atoms with Gasteiger partial charge in [-0.05, 0) is 32.6 Å². The van der Waals surface area contributed by atoms with E-state index < -0.39 is 5.97 Å². The van der Waals surface area contributed by atoms with Crippen LogP contribution >= 0.6 is 0 Å². The van der Waals surface area contributed by atoms with Gasteiger partial charge in [0.25, 0.3) is 0 Å². The van der Waals surface area contributed by atoms with Crippen molar-refractivity contribution in [2.45, 2.75) is 130 Å². The van der Waals surface area contributed by atoms with Crippen molar-refractivity contribution in [3.05, 3.63) is 23.8 Å². The monoisotopic (exact) mass is 438 g/mol. The molecule has 0 fully saturated rings. The first kappa shape index (κ1) is 31.6. The van der Waals surface area contributed by atoms with Gasteiger partial charge in [-0.25, -0.2) is 9.59 Å². The molecule has 1 N–H and O–H groups in total. The molecule has 0 aliphatic carbocycles. The maximum absolute atomic E-state index is 12.1. The van der Waals surface area contributed by atoms with Crippen molar-refractivity contribution >= 4 is 11.9 Å². The molecule has 0 aliphatic heterocycles. The maximum Gasteiger partial charge on any atom is 0.333 e. The molecule has 0 rings (SSSR count). The number of rotatable bonds is 19. The molecule has 182 valence electrons. The van der Waals surface area contributed by atoms with E-state index in [-0.39, 0.29) is 5.97 Å². The van der Waals surface area contributed by atoms with Crippen LogP contribution in [0.2, 0.25) is 0 Å². The van der Waals surface area contributed by atoms with E-state index in [2.05, 4.69) is 27.4 Å². The molecule has 4 heteroatoms. The van der Waals surface area contributed by atoms with Crippen molar-refractivity contribution in [2.75, 3.05) is 7.11 Å². The van der Waals surface area contributed by atoms with Gasteiger partial charge in [-0.2, -0.15) is 0 Å².